The number of carbonyl (C=O) groups is 1. The molecule has 7 nitrogen and oxygen atoms in total. The number of aliphatic hydroxyl groups excluding tert-OH is 1. The second-order valence-corrected chi connectivity index (χ2v) is 12.5. The zero-order valence-electron chi connectivity index (χ0n) is 22.9. The summed E-state index contributed by atoms with van der Waals surface area (Å²) in [5.41, 5.74) is 2.15. The number of anilines is 1. The highest BCUT2D eigenvalue weighted by atomic mass is 32.2. The standard InChI is InChI=1S/C30H34F3N3O4S/c1-3-41(39,40)27-14-8-23(9-15-27)28(20-37)34-29(38)24-6-12-26(13-7-24)36-17-16-35(18-21(36)2)19-22-4-10-25(11-5-22)30(31,32)33/h4-15,21,28,37H,3,16-20H2,1-2H3,(H,34,38)/t21?,28-/m0/s1. The number of amides is 1. The van der Waals surface area contributed by atoms with Gasteiger partial charge in [0.2, 0.25) is 0 Å². The molecule has 0 spiro atoms. The van der Waals surface area contributed by atoms with Gasteiger partial charge in [0, 0.05) is 43.5 Å². The number of hydrogen-bond acceptors (Lipinski definition) is 6. The largest absolute Gasteiger partial charge is 0.416 e. The molecule has 3 aromatic carbocycles. The van der Waals surface area contributed by atoms with Crippen molar-refractivity contribution in [3.05, 3.63) is 95.1 Å². The van der Waals surface area contributed by atoms with Gasteiger partial charge in [-0.1, -0.05) is 31.2 Å². The molecule has 1 amide bonds. The molecule has 41 heavy (non-hydrogen) atoms. The molecular weight excluding hydrogens is 555 g/mol. The lowest BCUT2D eigenvalue weighted by atomic mass is 10.1. The molecule has 1 saturated heterocycles. The number of aliphatic hydroxyl groups is 1. The van der Waals surface area contributed by atoms with E-state index in [1.807, 2.05) is 12.1 Å². The van der Waals surface area contributed by atoms with E-state index in [2.05, 4.69) is 22.0 Å². The number of nitrogens with zero attached hydrogens (tertiary/aromatic N) is 2. The van der Waals surface area contributed by atoms with Crippen molar-refractivity contribution in [2.75, 3.05) is 36.9 Å². The van der Waals surface area contributed by atoms with Crippen LogP contribution in [0.3, 0.4) is 0 Å². The molecule has 1 heterocycles. The fourth-order valence-corrected chi connectivity index (χ4v) is 5.86. The van der Waals surface area contributed by atoms with Crippen LogP contribution in [-0.4, -0.2) is 62.4 Å². The predicted molar refractivity (Wildman–Crippen MR) is 151 cm³/mol. The molecule has 1 aliphatic heterocycles. The van der Waals surface area contributed by atoms with Crippen molar-refractivity contribution < 1.29 is 31.5 Å². The van der Waals surface area contributed by atoms with Crippen molar-refractivity contribution in [1.82, 2.24) is 10.2 Å². The molecule has 2 N–H and O–H groups in total. The third-order valence-electron chi connectivity index (χ3n) is 7.37. The number of piperazine rings is 1. The van der Waals surface area contributed by atoms with E-state index in [0.717, 1.165) is 43.0 Å². The first-order chi connectivity index (χ1) is 19.4. The maximum atomic E-state index is 12.9. The Balaban J connectivity index is 1.34. The van der Waals surface area contributed by atoms with Crippen molar-refractivity contribution in [3.8, 4) is 0 Å². The predicted octanol–water partition coefficient (Wildman–Crippen LogP) is 4.67. The lowest BCUT2D eigenvalue weighted by molar-refractivity contribution is -0.137. The number of hydrogen-bond donors (Lipinski definition) is 2. The SMILES string of the molecule is CCS(=O)(=O)c1ccc([C@H](CO)NC(=O)c2ccc(N3CCN(Cc4ccc(C(F)(F)F)cc4)CC3C)cc2)cc1. The third kappa shape index (κ3) is 7.46. The number of benzene rings is 3. The first-order valence-electron chi connectivity index (χ1n) is 13.4. The maximum absolute atomic E-state index is 12.9. The van der Waals surface area contributed by atoms with E-state index in [9.17, 15) is 31.5 Å². The van der Waals surface area contributed by atoms with Crippen LogP contribution < -0.4 is 10.2 Å². The Morgan fingerprint density at radius 2 is 1.63 bits per heavy atom. The van der Waals surface area contributed by atoms with Crippen LogP contribution in [-0.2, 0) is 22.6 Å². The fourth-order valence-electron chi connectivity index (χ4n) is 4.97. The van der Waals surface area contributed by atoms with Gasteiger partial charge in [0.05, 0.1) is 28.9 Å². The second-order valence-electron chi connectivity index (χ2n) is 10.2. The average molecular weight is 590 g/mol. The summed E-state index contributed by atoms with van der Waals surface area (Å²) in [4.78, 5) is 17.5. The van der Waals surface area contributed by atoms with E-state index in [1.54, 1.807) is 31.2 Å². The zero-order chi connectivity index (χ0) is 29.8. The minimum Gasteiger partial charge on any atom is -0.394 e. The smallest absolute Gasteiger partial charge is 0.394 e. The summed E-state index contributed by atoms with van der Waals surface area (Å²) in [6.07, 6.45) is -4.34. The van der Waals surface area contributed by atoms with Crippen molar-refractivity contribution in [1.29, 1.82) is 0 Å². The van der Waals surface area contributed by atoms with Gasteiger partial charge >= 0.3 is 6.18 Å². The van der Waals surface area contributed by atoms with Gasteiger partial charge < -0.3 is 15.3 Å². The second kappa shape index (κ2) is 12.6. The van der Waals surface area contributed by atoms with Crippen LogP contribution in [0.1, 0.15) is 46.9 Å². The first kappa shape index (κ1) is 30.5. The summed E-state index contributed by atoms with van der Waals surface area (Å²) in [7, 11) is -3.34. The normalized spacial score (nSPS) is 17.3. The Hall–Kier alpha value is -3.41. The Morgan fingerprint density at radius 1 is 1.00 bits per heavy atom. The lowest BCUT2D eigenvalue weighted by Gasteiger charge is -2.41. The number of carbonyl (C=O) groups excluding carboxylic acids is 1. The zero-order valence-corrected chi connectivity index (χ0v) is 23.8. The van der Waals surface area contributed by atoms with E-state index in [4.69, 9.17) is 0 Å². The molecule has 2 atom stereocenters. The van der Waals surface area contributed by atoms with Crippen molar-refractivity contribution >= 4 is 21.4 Å². The van der Waals surface area contributed by atoms with Gasteiger partial charge in [-0.15, -0.1) is 0 Å². The molecular formula is C30H34F3N3O4S. The summed E-state index contributed by atoms with van der Waals surface area (Å²) < 4.78 is 62.6. The molecule has 4 rings (SSSR count). The quantitative estimate of drug-likeness (QED) is 0.377. The van der Waals surface area contributed by atoms with E-state index in [-0.39, 0.29) is 29.2 Å². The highest BCUT2D eigenvalue weighted by molar-refractivity contribution is 7.91. The number of sulfone groups is 1. The highest BCUT2D eigenvalue weighted by Gasteiger charge is 2.30. The molecule has 0 radical (unpaired) electrons. The summed E-state index contributed by atoms with van der Waals surface area (Å²) in [5, 5.41) is 12.7. The average Bonchev–Trinajstić information content (AvgIpc) is 2.96. The van der Waals surface area contributed by atoms with Gasteiger partial charge in [-0.05, 0) is 66.6 Å². The van der Waals surface area contributed by atoms with Crippen molar-refractivity contribution in [2.45, 2.75) is 43.5 Å². The molecule has 1 fully saturated rings. The van der Waals surface area contributed by atoms with Crippen LogP contribution >= 0.6 is 0 Å². The number of halogens is 3. The van der Waals surface area contributed by atoms with Crippen LogP contribution in [0.2, 0.25) is 0 Å². The topological polar surface area (TPSA) is 89.9 Å². The highest BCUT2D eigenvalue weighted by Crippen LogP contribution is 2.29. The molecule has 0 aliphatic carbocycles. The third-order valence-corrected chi connectivity index (χ3v) is 9.12. The van der Waals surface area contributed by atoms with E-state index in [1.165, 1.54) is 24.3 Å². The Labute approximate surface area is 238 Å². The van der Waals surface area contributed by atoms with Crippen LogP contribution in [0.5, 0.6) is 0 Å². The lowest BCUT2D eigenvalue weighted by Crippen LogP contribution is -2.51. The fraction of sp³-hybridized carbons (Fsp3) is 0.367. The summed E-state index contributed by atoms with van der Waals surface area (Å²) in [5.74, 6) is -0.380. The van der Waals surface area contributed by atoms with Gasteiger partial charge in [0.25, 0.3) is 5.91 Å². The Kier molecular flexibility index (Phi) is 9.41. The summed E-state index contributed by atoms with van der Waals surface area (Å²) in [6.45, 7) is 6.07. The van der Waals surface area contributed by atoms with Gasteiger partial charge in [-0.3, -0.25) is 9.69 Å². The van der Waals surface area contributed by atoms with Crippen molar-refractivity contribution in [3.63, 3.8) is 0 Å². The monoisotopic (exact) mass is 589 g/mol. The summed E-state index contributed by atoms with van der Waals surface area (Å²) >= 11 is 0. The molecule has 1 unspecified atom stereocenters. The van der Waals surface area contributed by atoms with E-state index >= 15 is 0 Å². The van der Waals surface area contributed by atoms with E-state index in [0.29, 0.717) is 17.7 Å². The van der Waals surface area contributed by atoms with Crippen LogP contribution in [0, 0.1) is 0 Å². The van der Waals surface area contributed by atoms with E-state index < -0.39 is 27.6 Å². The van der Waals surface area contributed by atoms with Crippen LogP contribution in [0.15, 0.2) is 77.7 Å². The maximum Gasteiger partial charge on any atom is 0.416 e. The first-order valence-corrected chi connectivity index (χ1v) is 15.1. The Morgan fingerprint density at radius 3 is 2.17 bits per heavy atom. The van der Waals surface area contributed by atoms with Gasteiger partial charge in [0.15, 0.2) is 9.84 Å². The van der Waals surface area contributed by atoms with Gasteiger partial charge in [-0.2, -0.15) is 13.2 Å². The molecule has 3 aromatic rings. The molecule has 0 aromatic heterocycles. The van der Waals surface area contributed by atoms with Gasteiger partial charge in [-0.25, -0.2) is 8.42 Å². The van der Waals surface area contributed by atoms with Crippen LogP contribution in [0.4, 0.5) is 18.9 Å². The van der Waals surface area contributed by atoms with Crippen molar-refractivity contribution in [2.24, 2.45) is 0 Å². The molecule has 220 valence electrons. The number of alkyl halides is 3. The number of rotatable bonds is 9. The Bertz CT molecular complexity index is 1430. The van der Waals surface area contributed by atoms with Crippen LogP contribution in [0.25, 0.3) is 0 Å². The minimum absolute atomic E-state index is 0.0142. The van der Waals surface area contributed by atoms with Gasteiger partial charge in [0.1, 0.15) is 0 Å². The minimum atomic E-state index is -4.34. The molecule has 0 saturated carbocycles. The molecule has 11 heteroatoms. The summed E-state index contributed by atoms with van der Waals surface area (Å²) in [6, 6.07) is 18.0. The molecule has 0 bridgehead atoms. The molecule has 1 aliphatic rings. The number of nitrogens with one attached hydrogen (secondary N) is 1.